The Labute approximate surface area is 214 Å². The van der Waals surface area contributed by atoms with Crippen LogP contribution in [-0.4, -0.2) is 23.8 Å². The van der Waals surface area contributed by atoms with Crippen LogP contribution in [0, 0.1) is 56.7 Å². The second-order valence-electron chi connectivity index (χ2n) is 15.2. The highest BCUT2D eigenvalue weighted by atomic mass is 16.5. The lowest BCUT2D eigenvalue weighted by molar-refractivity contribution is -0.249. The molecule has 0 aliphatic heterocycles. The van der Waals surface area contributed by atoms with E-state index in [9.17, 15) is 9.90 Å². The molecular formula is C32H52O3. The maximum Gasteiger partial charge on any atom is 0.302 e. The minimum atomic E-state index is -0.164. The first-order valence-corrected chi connectivity index (χ1v) is 14.7. The average Bonchev–Trinajstić information content (AvgIpc) is 3.16. The first kappa shape index (κ1) is 25.8. The molecule has 0 aromatic rings. The van der Waals surface area contributed by atoms with Crippen LogP contribution in [0.4, 0.5) is 0 Å². The number of aliphatic hydroxyl groups excluding tert-OH is 1. The van der Waals surface area contributed by atoms with Gasteiger partial charge in [0.2, 0.25) is 0 Å². The molecule has 0 aromatic heterocycles. The molecule has 0 spiro atoms. The molecule has 1 N–H and O–H groups in total. The van der Waals surface area contributed by atoms with E-state index in [1.54, 1.807) is 6.92 Å². The fourth-order valence-electron chi connectivity index (χ4n) is 11.8. The number of allylic oxidation sites excluding steroid dienone is 1. The van der Waals surface area contributed by atoms with Crippen LogP contribution in [0.25, 0.3) is 0 Å². The number of carbonyl (C=O) groups excluding carboxylic acids is 1. The first-order chi connectivity index (χ1) is 16.2. The van der Waals surface area contributed by atoms with Crippen molar-refractivity contribution in [3.8, 4) is 0 Å². The summed E-state index contributed by atoms with van der Waals surface area (Å²) in [5, 5.41) is 10.9. The van der Waals surface area contributed by atoms with Crippen LogP contribution in [0.1, 0.15) is 113 Å². The van der Waals surface area contributed by atoms with Crippen molar-refractivity contribution < 1.29 is 14.6 Å². The molecule has 5 rings (SSSR count). The molecule has 35 heavy (non-hydrogen) atoms. The molecule has 0 heterocycles. The molecule has 5 fully saturated rings. The zero-order valence-corrected chi connectivity index (χ0v) is 23.7. The van der Waals surface area contributed by atoms with E-state index in [2.05, 4.69) is 48.1 Å². The maximum atomic E-state index is 11.9. The molecule has 5 saturated carbocycles. The third-order valence-corrected chi connectivity index (χ3v) is 13.8. The number of fused-ring (bicyclic) bond motifs is 7. The second-order valence-corrected chi connectivity index (χ2v) is 15.2. The largest absolute Gasteiger partial charge is 0.465 e. The van der Waals surface area contributed by atoms with E-state index in [1.165, 1.54) is 63.4 Å². The highest BCUT2D eigenvalue weighted by molar-refractivity contribution is 5.65. The second kappa shape index (κ2) is 8.08. The quantitative estimate of drug-likeness (QED) is 0.332. The predicted molar refractivity (Wildman–Crippen MR) is 142 cm³/mol. The van der Waals surface area contributed by atoms with Crippen molar-refractivity contribution in [3.05, 3.63) is 12.2 Å². The minimum absolute atomic E-state index is 0.00826. The van der Waals surface area contributed by atoms with Gasteiger partial charge >= 0.3 is 5.97 Å². The van der Waals surface area contributed by atoms with Crippen LogP contribution in [0.15, 0.2) is 12.2 Å². The van der Waals surface area contributed by atoms with Crippen LogP contribution < -0.4 is 0 Å². The van der Waals surface area contributed by atoms with Crippen molar-refractivity contribution in [1.82, 2.24) is 0 Å². The van der Waals surface area contributed by atoms with Gasteiger partial charge < -0.3 is 9.84 Å². The predicted octanol–water partition coefficient (Wildman–Crippen LogP) is 7.57. The number of hydrogen-bond acceptors (Lipinski definition) is 3. The van der Waals surface area contributed by atoms with Crippen LogP contribution in [0.3, 0.4) is 0 Å². The van der Waals surface area contributed by atoms with Crippen molar-refractivity contribution in [2.45, 2.75) is 119 Å². The smallest absolute Gasteiger partial charge is 0.302 e. The summed E-state index contributed by atoms with van der Waals surface area (Å²) in [6.07, 6.45) is 12.0. The summed E-state index contributed by atoms with van der Waals surface area (Å²) in [5.41, 5.74) is 2.45. The van der Waals surface area contributed by atoms with Crippen molar-refractivity contribution in [1.29, 1.82) is 0 Å². The number of esters is 1. The number of rotatable bonds is 3. The Morgan fingerprint density at radius 3 is 2.23 bits per heavy atom. The zero-order chi connectivity index (χ0) is 25.6. The molecular weight excluding hydrogens is 432 g/mol. The molecule has 0 bridgehead atoms. The molecule has 3 heteroatoms. The van der Waals surface area contributed by atoms with Crippen LogP contribution >= 0.6 is 0 Å². The summed E-state index contributed by atoms with van der Waals surface area (Å²) in [6.45, 7) is 21.5. The molecule has 3 nitrogen and oxygen atoms in total. The number of aliphatic hydroxyl groups is 1. The van der Waals surface area contributed by atoms with Crippen molar-refractivity contribution >= 4 is 5.97 Å². The standard InChI is InChI=1S/C32H52O3/c1-20(2)22-11-16-32(19-35-21(3)33)18-17-30(7)23(27(22)32)9-10-25-29(6)14-13-26(34)28(4,5)24(29)12-15-31(25,30)8/h22-27,34H,1,9-19H2,2-8H3/t22-,23+,24-,25-,26+,27+,29-,30+,31+,32+/m0/s1. The third-order valence-electron chi connectivity index (χ3n) is 13.8. The Morgan fingerprint density at radius 1 is 0.857 bits per heavy atom. The Kier molecular flexibility index (Phi) is 5.96. The van der Waals surface area contributed by atoms with E-state index in [0.29, 0.717) is 46.5 Å². The summed E-state index contributed by atoms with van der Waals surface area (Å²) in [4.78, 5) is 11.9. The van der Waals surface area contributed by atoms with Gasteiger partial charge in [-0.2, -0.15) is 0 Å². The van der Waals surface area contributed by atoms with Crippen LogP contribution in [-0.2, 0) is 9.53 Å². The molecule has 0 aromatic carbocycles. The highest BCUT2D eigenvalue weighted by Crippen LogP contribution is 2.77. The summed E-state index contributed by atoms with van der Waals surface area (Å²) in [6, 6.07) is 0. The summed E-state index contributed by atoms with van der Waals surface area (Å²) in [7, 11) is 0. The van der Waals surface area contributed by atoms with Gasteiger partial charge in [-0.1, -0.05) is 46.8 Å². The zero-order valence-electron chi connectivity index (χ0n) is 23.7. The topological polar surface area (TPSA) is 46.5 Å². The number of hydrogen-bond donors (Lipinski definition) is 1. The van der Waals surface area contributed by atoms with E-state index >= 15 is 0 Å². The van der Waals surface area contributed by atoms with Crippen molar-refractivity contribution in [2.75, 3.05) is 6.61 Å². The lowest BCUT2D eigenvalue weighted by Gasteiger charge is -2.73. The fraction of sp³-hybridized carbons (Fsp3) is 0.906. The maximum absolute atomic E-state index is 11.9. The Hall–Kier alpha value is -0.830. The van der Waals surface area contributed by atoms with Gasteiger partial charge in [0.25, 0.3) is 0 Å². The summed E-state index contributed by atoms with van der Waals surface area (Å²) in [5.74, 6) is 3.04. The number of carbonyl (C=O) groups is 1. The average molecular weight is 485 g/mol. The normalized spacial score (nSPS) is 52.5. The minimum Gasteiger partial charge on any atom is -0.465 e. The van der Waals surface area contributed by atoms with Crippen molar-refractivity contribution in [3.63, 3.8) is 0 Å². The summed E-state index contributed by atoms with van der Waals surface area (Å²) < 4.78 is 5.79. The Bertz CT molecular complexity index is 891. The molecule has 0 radical (unpaired) electrons. The molecule has 5 aliphatic rings. The third kappa shape index (κ3) is 3.34. The fourth-order valence-corrected chi connectivity index (χ4v) is 11.8. The monoisotopic (exact) mass is 484 g/mol. The van der Waals surface area contributed by atoms with Gasteiger partial charge in [0.1, 0.15) is 0 Å². The van der Waals surface area contributed by atoms with Gasteiger partial charge in [0, 0.05) is 12.3 Å². The van der Waals surface area contributed by atoms with E-state index in [0.717, 1.165) is 12.3 Å². The van der Waals surface area contributed by atoms with E-state index < -0.39 is 0 Å². The van der Waals surface area contributed by atoms with E-state index in [1.807, 2.05) is 0 Å². The molecule has 5 aliphatic carbocycles. The number of ether oxygens (including phenoxy) is 1. The molecule has 0 unspecified atom stereocenters. The van der Waals surface area contributed by atoms with Gasteiger partial charge in [-0.05, 0) is 122 Å². The summed E-state index contributed by atoms with van der Waals surface area (Å²) >= 11 is 0. The van der Waals surface area contributed by atoms with Crippen LogP contribution in [0.5, 0.6) is 0 Å². The molecule has 0 amide bonds. The first-order valence-electron chi connectivity index (χ1n) is 14.7. The molecule has 0 saturated heterocycles. The van der Waals surface area contributed by atoms with Crippen molar-refractivity contribution in [2.24, 2.45) is 56.7 Å². The van der Waals surface area contributed by atoms with Gasteiger partial charge in [-0.3, -0.25) is 4.79 Å². The Balaban J connectivity index is 1.53. The molecule has 10 atom stereocenters. The van der Waals surface area contributed by atoms with Gasteiger partial charge in [0.15, 0.2) is 0 Å². The lowest BCUT2D eigenvalue weighted by Crippen LogP contribution is -2.66. The van der Waals surface area contributed by atoms with E-state index in [4.69, 9.17) is 4.74 Å². The van der Waals surface area contributed by atoms with E-state index in [-0.39, 0.29) is 22.9 Å². The SMILES string of the molecule is C=C(C)[C@@H]1CC[C@]2(COC(C)=O)CC[C@]3(C)[C@H](CC[C@H]4[C@@]5(C)CC[C@@H](O)C(C)(C)[C@@H]5CC[C@]43C)[C@@H]12. The van der Waals surface area contributed by atoms with Gasteiger partial charge in [-0.25, -0.2) is 0 Å². The lowest BCUT2D eigenvalue weighted by atomic mass is 9.32. The van der Waals surface area contributed by atoms with Gasteiger partial charge in [-0.15, -0.1) is 0 Å². The Morgan fingerprint density at radius 2 is 1.57 bits per heavy atom. The highest BCUT2D eigenvalue weighted by Gasteiger charge is 2.70. The van der Waals surface area contributed by atoms with Crippen LogP contribution in [0.2, 0.25) is 0 Å². The molecule has 198 valence electrons. The van der Waals surface area contributed by atoms with Gasteiger partial charge in [0.05, 0.1) is 12.7 Å².